The highest BCUT2D eigenvalue weighted by atomic mass is 16.2. The first-order valence-electron chi connectivity index (χ1n) is 6.89. The second-order valence-electron chi connectivity index (χ2n) is 5.55. The highest BCUT2D eigenvalue weighted by Crippen LogP contribution is 2.30. The molecule has 0 radical (unpaired) electrons. The number of nitrogens with one attached hydrogen (secondary N) is 2. The molecule has 3 nitrogen and oxygen atoms in total. The summed E-state index contributed by atoms with van der Waals surface area (Å²) in [7, 11) is 0. The summed E-state index contributed by atoms with van der Waals surface area (Å²) in [5, 5.41) is 6.46. The van der Waals surface area contributed by atoms with Gasteiger partial charge in [-0.15, -0.1) is 0 Å². The van der Waals surface area contributed by atoms with Crippen LogP contribution in [0.4, 0.5) is 5.69 Å². The van der Waals surface area contributed by atoms with Crippen molar-refractivity contribution in [1.82, 2.24) is 5.32 Å². The molecular formula is C15H20N2O. The Bertz CT molecular complexity index is 429. The van der Waals surface area contributed by atoms with Crippen molar-refractivity contribution < 1.29 is 4.79 Å². The molecule has 0 bridgehead atoms. The number of amides is 1. The number of benzene rings is 1. The highest BCUT2D eigenvalue weighted by Gasteiger charge is 2.30. The van der Waals surface area contributed by atoms with Gasteiger partial charge in [0.25, 0.3) is 0 Å². The van der Waals surface area contributed by atoms with Gasteiger partial charge in [-0.05, 0) is 37.3 Å². The Morgan fingerprint density at radius 2 is 2.17 bits per heavy atom. The molecule has 1 saturated carbocycles. The molecule has 2 N–H and O–H groups in total. The second-order valence-corrected chi connectivity index (χ2v) is 5.55. The van der Waals surface area contributed by atoms with E-state index >= 15 is 0 Å². The molecule has 2 aliphatic rings. The Labute approximate surface area is 108 Å². The molecule has 1 aliphatic carbocycles. The van der Waals surface area contributed by atoms with Crippen LogP contribution in [0.1, 0.15) is 31.7 Å². The van der Waals surface area contributed by atoms with Crippen LogP contribution >= 0.6 is 0 Å². The van der Waals surface area contributed by atoms with Crippen LogP contribution in [0.2, 0.25) is 0 Å². The van der Waals surface area contributed by atoms with Gasteiger partial charge < -0.3 is 10.6 Å². The quantitative estimate of drug-likeness (QED) is 0.856. The summed E-state index contributed by atoms with van der Waals surface area (Å²) in [5.74, 6) is 0.836. The zero-order valence-corrected chi connectivity index (χ0v) is 10.8. The third-order valence-corrected chi connectivity index (χ3v) is 4.31. The molecular weight excluding hydrogens is 224 g/mol. The summed E-state index contributed by atoms with van der Waals surface area (Å²) in [4.78, 5) is 12.2. The maximum atomic E-state index is 12.2. The summed E-state index contributed by atoms with van der Waals surface area (Å²) in [6.45, 7) is 2.13. The largest absolute Gasteiger partial charge is 0.373 e. The first kappa shape index (κ1) is 11.6. The van der Waals surface area contributed by atoms with E-state index in [-0.39, 0.29) is 11.9 Å². The molecule has 0 aromatic heterocycles. The summed E-state index contributed by atoms with van der Waals surface area (Å²) in [6.07, 6.45) is 4.65. The van der Waals surface area contributed by atoms with Crippen molar-refractivity contribution in [2.24, 2.45) is 5.92 Å². The van der Waals surface area contributed by atoms with Gasteiger partial charge in [-0.25, -0.2) is 0 Å². The molecule has 0 spiro atoms. The first-order chi connectivity index (χ1) is 8.74. The molecule has 2 atom stereocenters. The first-order valence-corrected chi connectivity index (χ1v) is 6.89. The Balaban J connectivity index is 1.58. The van der Waals surface area contributed by atoms with Crippen molar-refractivity contribution in [3.05, 3.63) is 29.8 Å². The van der Waals surface area contributed by atoms with Crippen LogP contribution in [0.25, 0.3) is 0 Å². The summed E-state index contributed by atoms with van der Waals surface area (Å²) >= 11 is 0. The van der Waals surface area contributed by atoms with E-state index in [1.165, 1.54) is 24.8 Å². The third kappa shape index (κ3) is 2.09. The summed E-state index contributed by atoms with van der Waals surface area (Å²) in [5.41, 5.74) is 2.35. The lowest BCUT2D eigenvalue weighted by Crippen LogP contribution is -2.46. The van der Waals surface area contributed by atoms with Gasteiger partial charge in [-0.3, -0.25) is 4.79 Å². The number of carbonyl (C=O) groups is 1. The Morgan fingerprint density at radius 3 is 2.83 bits per heavy atom. The van der Waals surface area contributed by atoms with Crippen molar-refractivity contribution in [1.29, 1.82) is 0 Å². The van der Waals surface area contributed by atoms with Crippen LogP contribution in [0.5, 0.6) is 0 Å². The van der Waals surface area contributed by atoms with Gasteiger partial charge >= 0.3 is 0 Å². The van der Waals surface area contributed by atoms with Crippen molar-refractivity contribution in [3.63, 3.8) is 0 Å². The summed E-state index contributed by atoms with van der Waals surface area (Å²) in [6, 6.07) is 8.38. The average molecular weight is 244 g/mol. The molecule has 0 saturated heterocycles. The smallest absolute Gasteiger partial charge is 0.243 e. The molecule has 3 heteroatoms. The molecule has 1 fully saturated rings. The molecule has 1 heterocycles. The minimum absolute atomic E-state index is 0.0927. The van der Waals surface area contributed by atoms with Gasteiger partial charge in [0.2, 0.25) is 5.91 Å². The van der Waals surface area contributed by atoms with Crippen LogP contribution in [0.3, 0.4) is 0 Å². The van der Waals surface area contributed by atoms with E-state index in [2.05, 4.69) is 23.6 Å². The molecule has 96 valence electrons. The van der Waals surface area contributed by atoms with Gasteiger partial charge in [0.1, 0.15) is 6.04 Å². The van der Waals surface area contributed by atoms with Gasteiger partial charge in [-0.1, -0.05) is 24.6 Å². The van der Waals surface area contributed by atoms with Gasteiger partial charge in [0.05, 0.1) is 0 Å². The van der Waals surface area contributed by atoms with Crippen LogP contribution in [0.15, 0.2) is 24.3 Å². The lowest BCUT2D eigenvalue weighted by molar-refractivity contribution is -0.122. The van der Waals surface area contributed by atoms with E-state index in [9.17, 15) is 4.79 Å². The second kappa shape index (κ2) is 4.63. The van der Waals surface area contributed by atoms with Crippen LogP contribution < -0.4 is 10.6 Å². The SMILES string of the molecule is CC(NC(=O)[C@@H]1Cc2ccccc2N1)C1CCC1. The van der Waals surface area contributed by atoms with E-state index in [1.54, 1.807) is 0 Å². The topological polar surface area (TPSA) is 41.1 Å². The van der Waals surface area contributed by atoms with Crippen molar-refractivity contribution >= 4 is 11.6 Å². The fourth-order valence-corrected chi connectivity index (χ4v) is 2.84. The van der Waals surface area contributed by atoms with Crippen molar-refractivity contribution in [2.75, 3.05) is 5.32 Å². The molecule has 1 aliphatic heterocycles. The van der Waals surface area contributed by atoms with E-state index in [4.69, 9.17) is 0 Å². The minimum Gasteiger partial charge on any atom is -0.373 e. The molecule has 3 rings (SSSR count). The van der Waals surface area contributed by atoms with E-state index in [0.717, 1.165) is 12.1 Å². The number of hydrogen-bond donors (Lipinski definition) is 2. The fraction of sp³-hybridized carbons (Fsp3) is 0.533. The number of carbonyl (C=O) groups excluding carboxylic acids is 1. The number of rotatable bonds is 3. The summed E-state index contributed by atoms with van der Waals surface area (Å²) < 4.78 is 0. The number of para-hydroxylation sites is 1. The fourth-order valence-electron chi connectivity index (χ4n) is 2.84. The predicted molar refractivity (Wildman–Crippen MR) is 72.5 cm³/mol. The predicted octanol–water partition coefficient (Wildman–Crippen LogP) is 2.33. The Morgan fingerprint density at radius 1 is 1.39 bits per heavy atom. The average Bonchev–Trinajstić information content (AvgIpc) is 2.69. The Kier molecular flexibility index (Phi) is 2.98. The van der Waals surface area contributed by atoms with E-state index in [1.807, 2.05) is 18.2 Å². The number of anilines is 1. The molecule has 1 aromatic carbocycles. The third-order valence-electron chi connectivity index (χ3n) is 4.31. The Hall–Kier alpha value is -1.51. The van der Waals surface area contributed by atoms with Crippen molar-refractivity contribution in [3.8, 4) is 0 Å². The minimum atomic E-state index is -0.0927. The molecule has 18 heavy (non-hydrogen) atoms. The number of fused-ring (bicyclic) bond motifs is 1. The van der Waals surface area contributed by atoms with Crippen LogP contribution in [0, 0.1) is 5.92 Å². The van der Waals surface area contributed by atoms with Crippen LogP contribution in [-0.4, -0.2) is 18.0 Å². The standard InChI is InChI=1S/C15H20N2O/c1-10(11-6-4-7-11)16-15(18)14-9-12-5-2-3-8-13(12)17-14/h2-3,5,8,10-11,14,17H,4,6-7,9H2,1H3,(H,16,18)/t10?,14-/m0/s1. The van der Waals surface area contributed by atoms with Gasteiger partial charge in [0, 0.05) is 18.2 Å². The maximum absolute atomic E-state index is 12.2. The number of hydrogen-bond acceptors (Lipinski definition) is 2. The molecule has 1 aromatic rings. The highest BCUT2D eigenvalue weighted by molar-refractivity contribution is 5.87. The lowest BCUT2D eigenvalue weighted by atomic mass is 9.80. The van der Waals surface area contributed by atoms with Gasteiger partial charge in [-0.2, -0.15) is 0 Å². The zero-order valence-electron chi connectivity index (χ0n) is 10.8. The van der Waals surface area contributed by atoms with E-state index in [0.29, 0.717) is 12.0 Å². The van der Waals surface area contributed by atoms with Crippen LogP contribution in [-0.2, 0) is 11.2 Å². The monoisotopic (exact) mass is 244 g/mol. The lowest BCUT2D eigenvalue weighted by Gasteiger charge is -2.32. The van der Waals surface area contributed by atoms with Gasteiger partial charge in [0.15, 0.2) is 0 Å². The maximum Gasteiger partial charge on any atom is 0.243 e. The normalized spacial score (nSPS) is 23.7. The van der Waals surface area contributed by atoms with E-state index < -0.39 is 0 Å². The molecule has 1 amide bonds. The van der Waals surface area contributed by atoms with Crippen molar-refractivity contribution in [2.45, 2.75) is 44.7 Å². The zero-order chi connectivity index (χ0) is 12.5. The molecule has 1 unspecified atom stereocenters.